The number of hydrogen-bond donors (Lipinski definition) is 2. The summed E-state index contributed by atoms with van der Waals surface area (Å²) in [6.45, 7) is 1.93. The topological polar surface area (TPSA) is 74.6 Å². The molecule has 2 N–H and O–H groups in total. The SMILES string of the molecule is Cc1ccc(/C=N/NC(=O)c2ccncc2O)c(Cl)c1. The van der Waals surface area contributed by atoms with Crippen LogP contribution in [0.3, 0.4) is 0 Å². The lowest BCUT2D eigenvalue weighted by Gasteiger charge is -2.02. The standard InChI is InChI=1S/C14H12ClN3O2/c1-9-2-3-10(12(15)6-9)7-17-18-14(20)11-4-5-16-8-13(11)19/h2-8,19H,1H3,(H,18,20)/b17-7+. The highest BCUT2D eigenvalue weighted by atomic mass is 35.5. The molecule has 102 valence electrons. The molecule has 6 heteroatoms. The minimum Gasteiger partial charge on any atom is -0.505 e. The van der Waals surface area contributed by atoms with Gasteiger partial charge in [-0.25, -0.2) is 5.43 Å². The Balaban J connectivity index is 2.07. The maximum absolute atomic E-state index is 11.7. The summed E-state index contributed by atoms with van der Waals surface area (Å²) in [6, 6.07) is 6.90. The van der Waals surface area contributed by atoms with E-state index in [0.29, 0.717) is 10.6 Å². The number of aromatic nitrogens is 1. The number of rotatable bonds is 3. The van der Waals surface area contributed by atoms with E-state index >= 15 is 0 Å². The second-order valence-electron chi connectivity index (χ2n) is 4.12. The molecule has 1 aromatic heterocycles. The van der Waals surface area contributed by atoms with E-state index in [1.807, 2.05) is 13.0 Å². The quantitative estimate of drug-likeness (QED) is 0.673. The van der Waals surface area contributed by atoms with Crippen molar-refractivity contribution in [3.63, 3.8) is 0 Å². The molecule has 0 fully saturated rings. The predicted molar refractivity (Wildman–Crippen MR) is 77.2 cm³/mol. The van der Waals surface area contributed by atoms with Gasteiger partial charge in [-0.05, 0) is 24.6 Å². The van der Waals surface area contributed by atoms with Crippen LogP contribution < -0.4 is 5.43 Å². The summed E-state index contributed by atoms with van der Waals surface area (Å²) in [7, 11) is 0. The van der Waals surface area contributed by atoms with Crippen molar-refractivity contribution in [1.82, 2.24) is 10.4 Å². The lowest BCUT2D eigenvalue weighted by molar-refractivity contribution is 0.0952. The number of halogens is 1. The summed E-state index contributed by atoms with van der Waals surface area (Å²) in [5.74, 6) is -0.724. The average Bonchev–Trinajstić information content (AvgIpc) is 2.41. The normalized spacial score (nSPS) is 10.7. The molecule has 0 aliphatic heterocycles. The molecule has 0 saturated heterocycles. The summed E-state index contributed by atoms with van der Waals surface area (Å²) in [4.78, 5) is 15.4. The van der Waals surface area contributed by atoms with Gasteiger partial charge in [0.15, 0.2) is 0 Å². The molecule has 0 aliphatic rings. The molecule has 0 unspecified atom stereocenters. The third-order valence-electron chi connectivity index (χ3n) is 2.57. The summed E-state index contributed by atoms with van der Waals surface area (Å²) < 4.78 is 0. The van der Waals surface area contributed by atoms with Crippen LogP contribution in [-0.4, -0.2) is 22.2 Å². The maximum atomic E-state index is 11.7. The molecule has 0 spiro atoms. The number of hydrazone groups is 1. The van der Waals surface area contributed by atoms with Crippen LogP contribution in [0.25, 0.3) is 0 Å². The van der Waals surface area contributed by atoms with Gasteiger partial charge in [0.2, 0.25) is 0 Å². The van der Waals surface area contributed by atoms with Crippen molar-refractivity contribution in [2.24, 2.45) is 5.10 Å². The van der Waals surface area contributed by atoms with Gasteiger partial charge in [-0.1, -0.05) is 23.7 Å². The highest BCUT2D eigenvalue weighted by Crippen LogP contribution is 2.16. The second-order valence-corrected chi connectivity index (χ2v) is 4.52. The zero-order valence-electron chi connectivity index (χ0n) is 10.7. The lowest BCUT2D eigenvalue weighted by Crippen LogP contribution is -2.17. The lowest BCUT2D eigenvalue weighted by atomic mass is 10.2. The van der Waals surface area contributed by atoms with Gasteiger partial charge in [0, 0.05) is 16.8 Å². The summed E-state index contributed by atoms with van der Waals surface area (Å²) in [5.41, 5.74) is 4.15. The largest absolute Gasteiger partial charge is 0.505 e. The molecular formula is C14H12ClN3O2. The number of pyridine rings is 1. The number of aromatic hydroxyl groups is 1. The summed E-state index contributed by atoms with van der Waals surface area (Å²) >= 11 is 6.03. The fourth-order valence-electron chi connectivity index (χ4n) is 1.54. The van der Waals surface area contributed by atoms with Crippen LogP contribution in [0.5, 0.6) is 5.75 Å². The van der Waals surface area contributed by atoms with Crippen molar-refractivity contribution in [1.29, 1.82) is 0 Å². The minimum absolute atomic E-state index is 0.104. The zero-order chi connectivity index (χ0) is 14.5. The van der Waals surface area contributed by atoms with Crippen molar-refractivity contribution >= 4 is 23.7 Å². The fraction of sp³-hybridized carbons (Fsp3) is 0.0714. The third kappa shape index (κ3) is 3.33. The van der Waals surface area contributed by atoms with E-state index in [-0.39, 0.29) is 11.3 Å². The van der Waals surface area contributed by atoms with Gasteiger partial charge in [0.25, 0.3) is 5.91 Å². The number of amides is 1. The van der Waals surface area contributed by atoms with Crippen LogP contribution >= 0.6 is 11.6 Å². The van der Waals surface area contributed by atoms with Crippen LogP contribution in [0.2, 0.25) is 5.02 Å². The Morgan fingerprint density at radius 1 is 1.45 bits per heavy atom. The van der Waals surface area contributed by atoms with Gasteiger partial charge in [0.05, 0.1) is 18.0 Å². The molecule has 5 nitrogen and oxygen atoms in total. The molecule has 0 bridgehead atoms. The Bertz CT molecular complexity index is 671. The van der Waals surface area contributed by atoms with Crippen LogP contribution in [-0.2, 0) is 0 Å². The van der Waals surface area contributed by atoms with Gasteiger partial charge in [0.1, 0.15) is 5.75 Å². The molecule has 0 aliphatic carbocycles. The van der Waals surface area contributed by atoms with Crippen molar-refractivity contribution in [2.45, 2.75) is 6.92 Å². The molecule has 1 amide bonds. The van der Waals surface area contributed by atoms with E-state index in [4.69, 9.17) is 11.6 Å². The smallest absolute Gasteiger partial charge is 0.275 e. The average molecular weight is 290 g/mol. The Labute approximate surface area is 120 Å². The highest BCUT2D eigenvalue weighted by molar-refractivity contribution is 6.33. The van der Waals surface area contributed by atoms with Gasteiger partial charge in [-0.15, -0.1) is 0 Å². The van der Waals surface area contributed by atoms with Gasteiger partial charge in [-0.2, -0.15) is 5.10 Å². The molecule has 1 aromatic carbocycles. The molecule has 20 heavy (non-hydrogen) atoms. The fourth-order valence-corrected chi connectivity index (χ4v) is 1.82. The van der Waals surface area contributed by atoms with Crippen LogP contribution in [0.1, 0.15) is 21.5 Å². The number of carbonyl (C=O) groups is 1. The maximum Gasteiger partial charge on any atom is 0.275 e. The van der Waals surface area contributed by atoms with Crippen molar-refractivity contribution in [3.05, 3.63) is 58.4 Å². The number of hydrogen-bond acceptors (Lipinski definition) is 4. The van der Waals surface area contributed by atoms with E-state index in [1.165, 1.54) is 24.7 Å². The predicted octanol–water partition coefficient (Wildman–Crippen LogP) is 2.51. The van der Waals surface area contributed by atoms with Gasteiger partial charge < -0.3 is 5.11 Å². The first-order valence-corrected chi connectivity index (χ1v) is 6.18. The number of carbonyl (C=O) groups excluding carboxylic acids is 1. The zero-order valence-corrected chi connectivity index (χ0v) is 11.4. The molecule has 2 aromatic rings. The van der Waals surface area contributed by atoms with E-state index < -0.39 is 5.91 Å². The number of nitrogens with one attached hydrogen (secondary N) is 1. The number of nitrogens with zero attached hydrogens (tertiary/aromatic N) is 2. The molecule has 2 rings (SSSR count). The Kier molecular flexibility index (Phi) is 4.32. The number of benzene rings is 1. The Hall–Kier alpha value is -2.40. The molecule has 0 atom stereocenters. The van der Waals surface area contributed by atoms with Crippen LogP contribution in [0.15, 0.2) is 41.8 Å². The first-order valence-electron chi connectivity index (χ1n) is 5.80. The van der Waals surface area contributed by atoms with E-state index in [2.05, 4.69) is 15.5 Å². The first-order chi connectivity index (χ1) is 9.58. The molecular weight excluding hydrogens is 278 g/mol. The molecule has 0 saturated carbocycles. The van der Waals surface area contributed by atoms with Crippen molar-refractivity contribution < 1.29 is 9.90 Å². The monoisotopic (exact) mass is 289 g/mol. The highest BCUT2D eigenvalue weighted by Gasteiger charge is 2.09. The third-order valence-corrected chi connectivity index (χ3v) is 2.90. The van der Waals surface area contributed by atoms with Gasteiger partial charge in [-0.3, -0.25) is 9.78 Å². The minimum atomic E-state index is -0.524. The van der Waals surface area contributed by atoms with E-state index in [1.54, 1.807) is 12.1 Å². The molecule has 1 heterocycles. The van der Waals surface area contributed by atoms with E-state index in [0.717, 1.165) is 5.56 Å². The van der Waals surface area contributed by atoms with Crippen molar-refractivity contribution in [3.8, 4) is 5.75 Å². The van der Waals surface area contributed by atoms with Gasteiger partial charge >= 0.3 is 0 Å². The summed E-state index contributed by atoms with van der Waals surface area (Å²) in [5, 5.41) is 13.8. The van der Waals surface area contributed by atoms with Crippen LogP contribution in [0.4, 0.5) is 0 Å². The summed E-state index contributed by atoms with van der Waals surface area (Å²) in [6.07, 6.45) is 4.04. The second kappa shape index (κ2) is 6.16. The number of aryl methyl sites for hydroxylation is 1. The molecule has 0 radical (unpaired) electrons. The first kappa shape index (κ1) is 14.0. The van der Waals surface area contributed by atoms with Crippen molar-refractivity contribution in [2.75, 3.05) is 0 Å². The Morgan fingerprint density at radius 3 is 2.95 bits per heavy atom. The van der Waals surface area contributed by atoms with E-state index in [9.17, 15) is 9.90 Å². The van der Waals surface area contributed by atoms with Crippen LogP contribution in [0, 0.1) is 6.92 Å². The Morgan fingerprint density at radius 2 is 2.25 bits per heavy atom.